The molecule has 0 amide bonds. The molecule has 0 bridgehead atoms. The quantitative estimate of drug-likeness (QED) is 0.172. The van der Waals surface area contributed by atoms with Crippen molar-refractivity contribution in [3.05, 3.63) is 206 Å². The lowest BCUT2D eigenvalue weighted by molar-refractivity contribution is 0.669. The van der Waals surface area contributed by atoms with Gasteiger partial charge in [-0.15, -0.1) is 0 Å². The third-order valence-electron chi connectivity index (χ3n) is 9.68. The third kappa shape index (κ3) is 4.99. The van der Waals surface area contributed by atoms with Gasteiger partial charge >= 0.3 is 0 Å². The summed E-state index contributed by atoms with van der Waals surface area (Å²) in [5.74, 6) is 0. The second kappa shape index (κ2) is 12.5. The first kappa shape index (κ1) is 15.9. The van der Waals surface area contributed by atoms with Crippen molar-refractivity contribution in [3.63, 3.8) is 0 Å². The van der Waals surface area contributed by atoms with Crippen LogP contribution >= 0.6 is 0 Å². The lowest BCUT2D eigenvalue weighted by Gasteiger charge is -2.10. The Balaban J connectivity index is 1.19. The van der Waals surface area contributed by atoms with Crippen LogP contribution in [-0.4, -0.2) is 9.13 Å². The van der Waals surface area contributed by atoms with Crippen LogP contribution in [0.1, 0.15) is 34.3 Å². The minimum absolute atomic E-state index is 0.133. The molecule has 3 aromatic heterocycles. The Bertz CT molecular complexity index is 4990. The molecule has 0 N–H and O–H groups in total. The summed E-state index contributed by atoms with van der Waals surface area (Å²) in [6.45, 7) is 0. The van der Waals surface area contributed by atoms with Gasteiger partial charge in [0.15, 0.2) is 0 Å². The highest BCUT2D eigenvalue weighted by Crippen LogP contribution is 2.40. The number of hydrogen-bond donors (Lipinski definition) is 0. The molecule has 0 spiro atoms. The van der Waals surface area contributed by atoms with Gasteiger partial charge in [-0.2, -0.15) is 0 Å². The van der Waals surface area contributed by atoms with Gasteiger partial charge in [0.25, 0.3) is 0 Å². The Morgan fingerprint density at radius 3 is 1.88 bits per heavy atom. The van der Waals surface area contributed by atoms with E-state index in [2.05, 4.69) is 0 Å². The maximum absolute atomic E-state index is 9.97. The first-order valence-corrected chi connectivity index (χ1v) is 17.5. The van der Waals surface area contributed by atoms with Crippen molar-refractivity contribution in [2.75, 3.05) is 0 Å². The molecule has 0 aliphatic rings. The molecule has 3 heterocycles. The van der Waals surface area contributed by atoms with Crippen molar-refractivity contribution in [1.82, 2.24) is 9.13 Å². The fourth-order valence-corrected chi connectivity index (χ4v) is 7.15. The monoisotopic (exact) mass is 751 g/mol. The second-order valence-corrected chi connectivity index (χ2v) is 12.9. The van der Waals surface area contributed by atoms with Gasteiger partial charge in [0, 0.05) is 43.7 Å². The van der Waals surface area contributed by atoms with E-state index in [1.54, 1.807) is 30.3 Å². The number of hydrogen-bond acceptors (Lipinski definition) is 1. The van der Waals surface area contributed by atoms with E-state index in [9.17, 15) is 15.1 Å². The summed E-state index contributed by atoms with van der Waals surface area (Å²) < 4.78 is 237. The zero-order chi connectivity index (χ0) is 59.2. The van der Waals surface area contributed by atoms with Gasteiger partial charge in [-0.05, 0) is 112 Å². The molecule has 266 valence electrons. The Kier molecular flexibility index (Phi) is 3.46. The number of rotatable bonds is 5. The lowest BCUT2D eigenvalue weighted by Crippen LogP contribution is -1.94. The fraction of sp³-hybridized carbons (Fsp3) is 0. The summed E-state index contributed by atoms with van der Waals surface area (Å²) in [4.78, 5) is 0. The summed E-state index contributed by atoms with van der Waals surface area (Å²) >= 11 is 0. The van der Waals surface area contributed by atoms with Gasteiger partial charge in [-0.1, -0.05) is 127 Å². The summed E-state index contributed by atoms with van der Waals surface area (Å²) in [6, 6.07) is -4.12. The van der Waals surface area contributed by atoms with E-state index in [4.69, 9.17) is 23.6 Å². The Labute approximate surface area is 364 Å². The van der Waals surface area contributed by atoms with Crippen LogP contribution in [0.2, 0.25) is 0 Å². The standard InChI is InChI=1S/C54H34N2O/c1-3-12-35(13-4-1)36-14-11-15-37(30-36)39-24-28-53-47(32-39)48-34-42(25-29-54(48)57-53)56-50-21-10-8-19-44(50)46-31-38(23-27-51(46)56)40-22-26-45-43-18-7-9-20-49(43)55(52(45)33-40)41-16-5-2-6-17-41/h1-34H/i3D,4D,7D,8D,9D,10D,11D,12D,14D,15D,18D,19D,20D,22D,23D,24D,26D,27D,28D,29D,30D,31D,32D,33D,34D. The van der Waals surface area contributed by atoms with E-state index in [1.807, 2.05) is 0 Å². The molecule has 3 nitrogen and oxygen atoms in total. The highest BCUT2D eigenvalue weighted by atomic mass is 16.3. The molecule has 0 aliphatic heterocycles. The van der Waals surface area contributed by atoms with Crippen LogP contribution in [0.15, 0.2) is 210 Å². The van der Waals surface area contributed by atoms with Crippen molar-refractivity contribution in [3.8, 4) is 44.8 Å². The molecule has 0 atom stereocenters. The molecular weight excluding hydrogens is 693 g/mol. The van der Waals surface area contributed by atoms with Crippen molar-refractivity contribution in [1.29, 1.82) is 0 Å². The van der Waals surface area contributed by atoms with Crippen molar-refractivity contribution in [2.45, 2.75) is 0 Å². The normalized spacial score (nSPS) is 18.0. The first-order valence-electron chi connectivity index (χ1n) is 30.0. The molecule has 0 saturated carbocycles. The molecule has 9 aromatic carbocycles. The predicted octanol–water partition coefficient (Wildman–Crippen LogP) is 14.8. The van der Waals surface area contributed by atoms with Gasteiger partial charge in [0.05, 0.1) is 56.3 Å². The summed E-state index contributed by atoms with van der Waals surface area (Å²) in [5.41, 5.74) is -5.12. The first-order chi connectivity index (χ1) is 38.7. The van der Waals surface area contributed by atoms with Crippen molar-refractivity contribution < 1.29 is 38.7 Å². The fourth-order valence-electron chi connectivity index (χ4n) is 7.15. The van der Waals surface area contributed by atoms with Crippen LogP contribution in [-0.2, 0) is 0 Å². The average molecular weight is 752 g/mol. The maximum atomic E-state index is 9.97. The molecule has 12 rings (SSSR count). The highest BCUT2D eigenvalue weighted by Gasteiger charge is 2.18. The molecule has 0 unspecified atom stereocenters. The van der Waals surface area contributed by atoms with Crippen LogP contribution in [0.4, 0.5) is 0 Å². The van der Waals surface area contributed by atoms with E-state index in [0.29, 0.717) is 0 Å². The molecular formula is C54H34N2O. The van der Waals surface area contributed by atoms with Crippen LogP contribution in [0, 0.1) is 0 Å². The third-order valence-corrected chi connectivity index (χ3v) is 9.68. The lowest BCUT2D eigenvalue weighted by atomic mass is 9.98. The zero-order valence-electron chi connectivity index (χ0n) is 54.0. The second-order valence-electron chi connectivity index (χ2n) is 12.9. The van der Waals surface area contributed by atoms with Gasteiger partial charge in [0.2, 0.25) is 0 Å². The smallest absolute Gasteiger partial charge is 0.135 e. The summed E-state index contributed by atoms with van der Waals surface area (Å²) in [5, 5.41) is -1.86. The average Bonchev–Trinajstić information content (AvgIpc) is 4.30. The molecule has 0 saturated heterocycles. The molecule has 0 aliphatic carbocycles. The number of aromatic nitrogens is 2. The van der Waals surface area contributed by atoms with Crippen LogP contribution in [0.5, 0.6) is 0 Å². The number of nitrogens with zero attached hydrogens (tertiary/aromatic N) is 2. The number of para-hydroxylation sites is 3. The Morgan fingerprint density at radius 1 is 0.316 bits per heavy atom. The number of furan rings is 1. The number of benzene rings is 9. The maximum Gasteiger partial charge on any atom is 0.135 e. The van der Waals surface area contributed by atoms with Crippen molar-refractivity contribution in [2.24, 2.45) is 0 Å². The molecule has 12 aromatic rings. The Morgan fingerprint density at radius 2 is 0.965 bits per heavy atom. The van der Waals surface area contributed by atoms with E-state index < -0.39 is 195 Å². The van der Waals surface area contributed by atoms with Gasteiger partial charge in [-0.3, -0.25) is 0 Å². The molecule has 3 heteroatoms. The van der Waals surface area contributed by atoms with E-state index in [-0.39, 0.29) is 66.5 Å². The van der Waals surface area contributed by atoms with Gasteiger partial charge in [-0.25, -0.2) is 0 Å². The molecule has 0 radical (unpaired) electrons. The van der Waals surface area contributed by atoms with Gasteiger partial charge in [0.1, 0.15) is 11.2 Å². The summed E-state index contributed by atoms with van der Waals surface area (Å²) in [7, 11) is 0. The molecule has 0 fully saturated rings. The minimum atomic E-state index is -0.835. The van der Waals surface area contributed by atoms with Crippen LogP contribution in [0.25, 0.3) is 110 Å². The van der Waals surface area contributed by atoms with Crippen LogP contribution in [0.3, 0.4) is 0 Å². The Hall–Kier alpha value is -7.62. The predicted molar refractivity (Wildman–Crippen MR) is 239 cm³/mol. The van der Waals surface area contributed by atoms with Crippen LogP contribution < -0.4 is 0 Å². The van der Waals surface area contributed by atoms with Crippen molar-refractivity contribution >= 4 is 65.6 Å². The summed E-state index contributed by atoms with van der Waals surface area (Å²) in [6.07, 6.45) is 0. The zero-order valence-corrected chi connectivity index (χ0v) is 29.0. The SMILES string of the molecule is [2H]c1cc([2H])c([2H])c(-c2c([2H])c([2H])c([2H])c(-c3c([2H])c([2H])c4oc5c([2H])cc(-n6c7cc([2H])c([2H])c([2H])c7c7c([2H])c(-c8c([2H])c([2H])c9c%10c([2H])c([2H])c([2H])c([2H])c%10n(-c%10ccccc%10)c9c8[2H])c([2H])c([2H])c76)c([2H])c5c4c3[2H])c2[2H])c1. The van der Waals surface area contributed by atoms with Gasteiger partial charge < -0.3 is 13.6 Å². The van der Waals surface area contributed by atoms with E-state index in [0.717, 1.165) is 28.8 Å². The highest BCUT2D eigenvalue weighted by molar-refractivity contribution is 6.13. The largest absolute Gasteiger partial charge is 0.456 e. The van der Waals surface area contributed by atoms with E-state index in [1.165, 1.54) is 4.57 Å². The minimum Gasteiger partial charge on any atom is -0.456 e. The number of fused-ring (bicyclic) bond motifs is 9. The topological polar surface area (TPSA) is 23.0 Å². The van der Waals surface area contributed by atoms with E-state index >= 15 is 0 Å². The molecule has 57 heavy (non-hydrogen) atoms.